The monoisotopic (exact) mass is 408 g/mol. The minimum atomic E-state index is -2.84. The van der Waals surface area contributed by atoms with Gasteiger partial charge in [0.15, 0.2) is 0 Å². The van der Waals surface area contributed by atoms with Crippen molar-refractivity contribution >= 4 is 0 Å². The Labute approximate surface area is 166 Å². The molecule has 0 saturated carbocycles. The van der Waals surface area contributed by atoms with Gasteiger partial charge in [-0.15, -0.1) is 0 Å². The van der Waals surface area contributed by atoms with Gasteiger partial charge >= 0.3 is 11.8 Å². The number of nitrogens with zero attached hydrogens (tertiary/aromatic N) is 2. The highest BCUT2D eigenvalue weighted by Crippen LogP contribution is 2.43. The van der Waals surface area contributed by atoms with E-state index in [0.717, 1.165) is 14.2 Å². The van der Waals surface area contributed by atoms with Gasteiger partial charge in [-0.2, -0.15) is 4.74 Å². The molecule has 156 valence electrons. The molecule has 0 aromatic heterocycles. The molecule has 0 radical (unpaired) electrons. The summed E-state index contributed by atoms with van der Waals surface area (Å²) in [4.78, 5) is 22.3. The van der Waals surface area contributed by atoms with Gasteiger partial charge in [0.25, 0.3) is 0 Å². The van der Waals surface area contributed by atoms with Crippen molar-refractivity contribution in [1.82, 2.24) is 0 Å². The molecule has 0 heterocycles. The fourth-order valence-electron chi connectivity index (χ4n) is 2.83. The third-order valence-electron chi connectivity index (χ3n) is 4.21. The van der Waals surface area contributed by atoms with Crippen molar-refractivity contribution in [1.29, 1.82) is 0 Å². The average Bonchev–Trinajstić information content (AvgIpc) is 2.74. The number of hydrogen-bond donors (Lipinski definition) is 0. The molecule has 0 saturated heterocycles. The second-order valence-corrected chi connectivity index (χ2v) is 5.59. The summed E-state index contributed by atoms with van der Waals surface area (Å²) in [7, 11) is 4.54. The Kier molecular flexibility index (Phi) is 6.69. The van der Waals surface area contributed by atoms with Gasteiger partial charge in [-0.25, -0.2) is 0 Å². The van der Waals surface area contributed by atoms with E-state index in [4.69, 9.17) is 23.7 Å². The van der Waals surface area contributed by atoms with Crippen LogP contribution in [-0.2, 0) is 26.0 Å². The summed E-state index contributed by atoms with van der Waals surface area (Å²) in [6.07, 6.45) is 0. The van der Waals surface area contributed by atoms with E-state index in [2.05, 4.69) is 0 Å². The minimum Gasteiger partial charge on any atom is -0.496 e. The predicted molar refractivity (Wildman–Crippen MR) is 98.4 cm³/mol. The molecule has 0 spiro atoms. The first-order valence-electron chi connectivity index (χ1n) is 8.19. The van der Waals surface area contributed by atoms with Crippen molar-refractivity contribution < 1.29 is 33.5 Å². The van der Waals surface area contributed by atoms with Crippen LogP contribution in [0.5, 0.6) is 11.5 Å². The van der Waals surface area contributed by atoms with E-state index in [-0.39, 0.29) is 22.6 Å². The van der Waals surface area contributed by atoms with E-state index >= 15 is 0 Å². The second-order valence-electron chi connectivity index (χ2n) is 5.59. The summed E-state index contributed by atoms with van der Waals surface area (Å²) in [5.74, 6) is -5.62. The first-order chi connectivity index (χ1) is 13.8. The Morgan fingerprint density at radius 3 is 1.31 bits per heavy atom. The first kappa shape index (κ1) is 22.0. The third-order valence-corrected chi connectivity index (χ3v) is 4.21. The van der Waals surface area contributed by atoms with Crippen LogP contribution in [0, 0.1) is 20.2 Å². The molecule has 0 aliphatic heterocycles. The number of rotatable bonds is 10. The molecular formula is C18H20N2O9. The summed E-state index contributed by atoms with van der Waals surface area (Å²) >= 11 is 0. The Morgan fingerprint density at radius 2 is 1.03 bits per heavy atom. The number of benzene rings is 2. The molecule has 0 amide bonds. The van der Waals surface area contributed by atoms with Crippen LogP contribution < -0.4 is 9.47 Å². The van der Waals surface area contributed by atoms with Gasteiger partial charge in [0, 0.05) is 14.2 Å². The van der Waals surface area contributed by atoms with Gasteiger partial charge in [0.1, 0.15) is 22.6 Å². The smallest absolute Gasteiger partial charge is 0.481 e. The molecule has 0 fully saturated rings. The molecule has 29 heavy (non-hydrogen) atoms. The van der Waals surface area contributed by atoms with Crippen LogP contribution >= 0.6 is 0 Å². The number of nitro groups is 2. The quantitative estimate of drug-likeness (QED) is 0.330. The molecule has 0 aliphatic carbocycles. The molecule has 11 nitrogen and oxygen atoms in total. The summed E-state index contributed by atoms with van der Waals surface area (Å²) in [5, 5.41) is 24.2. The van der Waals surface area contributed by atoms with E-state index in [0.29, 0.717) is 0 Å². The SMILES string of the molecule is COc1ccccc1C(OC)(OC(OC)(c1ccccc1OC)[N+](=O)[O-])[N+](=O)[O-]. The molecule has 0 bridgehead atoms. The topological polar surface area (TPSA) is 132 Å². The molecule has 2 atom stereocenters. The standard InChI is InChI=1S/C18H20N2O9/c1-25-15-11-7-5-9-13(15)17(27-3,19(21)22)29-18(28-4,20(23)24)14-10-6-8-12-16(14)26-2/h5-12H,1-4H3. The van der Waals surface area contributed by atoms with Crippen LogP contribution in [0.2, 0.25) is 0 Å². The number of ether oxygens (including phenoxy) is 5. The maximum absolute atomic E-state index is 12.1. The number of para-hydroxylation sites is 2. The van der Waals surface area contributed by atoms with Crippen molar-refractivity contribution in [2.24, 2.45) is 0 Å². The van der Waals surface area contributed by atoms with Crippen LogP contribution in [0.15, 0.2) is 48.5 Å². The lowest BCUT2D eigenvalue weighted by Gasteiger charge is -2.31. The Morgan fingerprint density at radius 1 is 0.690 bits per heavy atom. The second kappa shape index (κ2) is 8.82. The van der Waals surface area contributed by atoms with E-state index in [1.165, 1.54) is 50.6 Å². The Balaban J connectivity index is 2.80. The predicted octanol–water partition coefficient (Wildman–Crippen LogP) is 2.49. The highest BCUT2D eigenvalue weighted by atomic mass is 16.9. The van der Waals surface area contributed by atoms with Gasteiger partial charge in [-0.1, -0.05) is 24.3 Å². The van der Waals surface area contributed by atoms with Crippen LogP contribution in [-0.4, -0.2) is 38.3 Å². The summed E-state index contributed by atoms with van der Waals surface area (Å²) in [6.45, 7) is 0. The zero-order chi connectivity index (χ0) is 21.7. The Hall–Kier alpha value is -3.28. The van der Waals surface area contributed by atoms with Crippen LogP contribution in [0.25, 0.3) is 0 Å². The summed E-state index contributed by atoms with van der Waals surface area (Å²) < 4.78 is 26.0. The largest absolute Gasteiger partial charge is 0.496 e. The molecule has 2 unspecified atom stereocenters. The minimum absolute atomic E-state index is 0.0272. The average molecular weight is 408 g/mol. The molecule has 2 aromatic rings. The zero-order valence-corrected chi connectivity index (χ0v) is 16.2. The van der Waals surface area contributed by atoms with Crippen molar-refractivity contribution in [3.8, 4) is 11.5 Å². The zero-order valence-electron chi connectivity index (χ0n) is 16.2. The van der Waals surface area contributed by atoms with Crippen molar-refractivity contribution in [3.63, 3.8) is 0 Å². The molecule has 11 heteroatoms. The van der Waals surface area contributed by atoms with E-state index in [1.807, 2.05) is 0 Å². The van der Waals surface area contributed by atoms with Crippen molar-refractivity contribution in [2.75, 3.05) is 28.4 Å². The fraction of sp³-hybridized carbons (Fsp3) is 0.333. The van der Waals surface area contributed by atoms with Gasteiger partial charge in [0.05, 0.1) is 24.1 Å². The van der Waals surface area contributed by atoms with Crippen LogP contribution in [0.3, 0.4) is 0 Å². The normalized spacial score (nSPS) is 15.0. The number of hydrogen-bond acceptors (Lipinski definition) is 9. The summed E-state index contributed by atoms with van der Waals surface area (Å²) in [6, 6.07) is 11.5. The van der Waals surface area contributed by atoms with E-state index < -0.39 is 21.7 Å². The third kappa shape index (κ3) is 3.70. The van der Waals surface area contributed by atoms with Gasteiger partial charge < -0.3 is 9.47 Å². The van der Waals surface area contributed by atoms with Crippen molar-refractivity contribution in [3.05, 3.63) is 79.9 Å². The van der Waals surface area contributed by atoms with Crippen LogP contribution in [0.1, 0.15) is 11.1 Å². The lowest BCUT2D eigenvalue weighted by molar-refractivity contribution is -0.796. The van der Waals surface area contributed by atoms with Gasteiger partial charge in [-0.05, 0) is 24.3 Å². The van der Waals surface area contributed by atoms with Crippen LogP contribution in [0.4, 0.5) is 0 Å². The van der Waals surface area contributed by atoms with Gasteiger partial charge in [-0.3, -0.25) is 29.7 Å². The highest BCUT2D eigenvalue weighted by molar-refractivity contribution is 5.38. The molecule has 0 N–H and O–H groups in total. The highest BCUT2D eigenvalue weighted by Gasteiger charge is 2.64. The molecule has 2 aromatic carbocycles. The lowest BCUT2D eigenvalue weighted by atomic mass is 10.1. The van der Waals surface area contributed by atoms with Crippen molar-refractivity contribution in [2.45, 2.75) is 11.8 Å². The summed E-state index contributed by atoms with van der Waals surface area (Å²) in [5.41, 5.74) is -0.402. The molecular weight excluding hydrogens is 388 g/mol. The van der Waals surface area contributed by atoms with Gasteiger partial charge in [0.2, 0.25) is 0 Å². The maximum Gasteiger partial charge on any atom is 0.481 e. The Bertz CT molecular complexity index is 820. The van der Waals surface area contributed by atoms with E-state index in [1.54, 1.807) is 12.1 Å². The number of methoxy groups -OCH3 is 4. The van der Waals surface area contributed by atoms with E-state index in [9.17, 15) is 20.2 Å². The fourth-order valence-corrected chi connectivity index (χ4v) is 2.83. The molecule has 2 rings (SSSR count). The first-order valence-corrected chi connectivity index (χ1v) is 8.19. The lowest BCUT2D eigenvalue weighted by Crippen LogP contribution is -2.52. The maximum atomic E-state index is 12.1. The molecule has 0 aliphatic rings.